The van der Waals surface area contributed by atoms with E-state index in [-0.39, 0.29) is 16.5 Å². The van der Waals surface area contributed by atoms with Gasteiger partial charge in [-0.3, -0.25) is 9.52 Å². The Bertz CT molecular complexity index is 1300. The Morgan fingerprint density at radius 1 is 0.882 bits per heavy atom. The minimum absolute atomic E-state index is 0.0104. The first-order chi connectivity index (χ1) is 16.4. The summed E-state index contributed by atoms with van der Waals surface area (Å²) in [6.07, 6.45) is 0.791. The van der Waals surface area contributed by atoms with Gasteiger partial charge in [-0.2, -0.15) is 5.26 Å². The highest BCUT2D eigenvalue weighted by Gasteiger charge is 2.22. The summed E-state index contributed by atoms with van der Waals surface area (Å²) in [5, 5.41) is 8.97. The molecule has 0 unspecified atom stereocenters. The van der Waals surface area contributed by atoms with Gasteiger partial charge in [-0.05, 0) is 79.2 Å². The lowest BCUT2D eigenvalue weighted by Gasteiger charge is -2.24. The molecule has 1 fully saturated rings. The van der Waals surface area contributed by atoms with E-state index in [4.69, 9.17) is 5.26 Å². The molecule has 0 atom stereocenters. The number of carbonyl (C=O) groups excluding carboxylic acids is 1. The monoisotopic (exact) mass is 478 g/mol. The first-order valence-electron chi connectivity index (χ1n) is 10.8. The van der Waals surface area contributed by atoms with Crippen molar-refractivity contribution in [3.8, 4) is 6.07 Å². The number of sulfonamides is 1. The third-order valence-electron chi connectivity index (χ3n) is 5.65. The molecule has 3 aromatic carbocycles. The fraction of sp³-hybridized carbons (Fsp3) is 0.200. The molecule has 0 spiro atoms. The second-order valence-corrected chi connectivity index (χ2v) is 9.61. The van der Waals surface area contributed by atoms with Crippen LogP contribution in [0.1, 0.15) is 22.3 Å². The summed E-state index contributed by atoms with van der Waals surface area (Å²) in [6, 6.07) is 20.3. The van der Waals surface area contributed by atoms with Gasteiger partial charge >= 0.3 is 0 Å². The summed E-state index contributed by atoms with van der Waals surface area (Å²) in [4.78, 5) is 17.0. The average Bonchev–Trinajstić information content (AvgIpc) is 3.11. The van der Waals surface area contributed by atoms with Gasteiger partial charge in [0.1, 0.15) is 5.82 Å². The second-order valence-electron chi connectivity index (χ2n) is 7.93. The highest BCUT2D eigenvalue weighted by molar-refractivity contribution is 7.92. The summed E-state index contributed by atoms with van der Waals surface area (Å²) in [5.74, 6) is -0.614. The Kier molecular flexibility index (Phi) is 6.80. The molecule has 0 saturated carbocycles. The van der Waals surface area contributed by atoms with Crippen molar-refractivity contribution in [2.75, 3.05) is 35.8 Å². The number of hydrogen-bond donors (Lipinski definition) is 1. The summed E-state index contributed by atoms with van der Waals surface area (Å²) < 4.78 is 40.7. The number of rotatable bonds is 5. The van der Waals surface area contributed by atoms with Crippen LogP contribution in [0.2, 0.25) is 0 Å². The molecular formula is C25H23FN4O3S. The van der Waals surface area contributed by atoms with Crippen molar-refractivity contribution in [1.29, 1.82) is 5.26 Å². The number of carbonyl (C=O) groups is 1. The van der Waals surface area contributed by atoms with Crippen LogP contribution in [0.25, 0.3) is 0 Å². The van der Waals surface area contributed by atoms with Gasteiger partial charge in [-0.25, -0.2) is 12.8 Å². The molecule has 1 heterocycles. The molecular weight excluding hydrogens is 455 g/mol. The third kappa shape index (κ3) is 5.35. The van der Waals surface area contributed by atoms with Gasteiger partial charge in [0.05, 0.1) is 16.5 Å². The molecule has 1 aliphatic heterocycles. The zero-order valence-corrected chi connectivity index (χ0v) is 19.1. The van der Waals surface area contributed by atoms with Gasteiger partial charge in [0.15, 0.2) is 0 Å². The van der Waals surface area contributed by atoms with E-state index < -0.39 is 15.8 Å². The fourth-order valence-corrected chi connectivity index (χ4v) is 4.88. The molecule has 4 rings (SSSR count). The second kappa shape index (κ2) is 9.93. The van der Waals surface area contributed by atoms with Crippen LogP contribution in [-0.4, -0.2) is 45.4 Å². The van der Waals surface area contributed by atoms with E-state index in [1.807, 2.05) is 12.1 Å². The topological polar surface area (TPSA) is 93.5 Å². The third-order valence-corrected chi connectivity index (χ3v) is 7.05. The van der Waals surface area contributed by atoms with E-state index in [1.54, 1.807) is 17.0 Å². The Hall–Kier alpha value is -3.90. The minimum Gasteiger partial charge on any atom is -0.370 e. The zero-order chi connectivity index (χ0) is 24.1. The number of benzene rings is 3. The van der Waals surface area contributed by atoms with Crippen molar-refractivity contribution >= 4 is 27.3 Å². The number of halogens is 1. The normalized spacial score (nSPS) is 14.2. The predicted octanol–water partition coefficient (Wildman–Crippen LogP) is 3.85. The molecule has 0 radical (unpaired) electrons. The number of amides is 1. The average molecular weight is 479 g/mol. The van der Waals surface area contributed by atoms with Crippen LogP contribution in [0.15, 0.2) is 77.7 Å². The molecule has 3 aromatic rings. The molecule has 0 bridgehead atoms. The molecule has 0 aromatic heterocycles. The van der Waals surface area contributed by atoms with E-state index in [0.29, 0.717) is 30.8 Å². The van der Waals surface area contributed by atoms with Crippen LogP contribution >= 0.6 is 0 Å². The first kappa shape index (κ1) is 23.3. The van der Waals surface area contributed by atoms with Gasteiger partial charge in [0.25, 0.3) is 15.9 Å². The van der Waals surface area contributed by atoms with Crippen molar-refractivity contribution in [3.05, 3.63) is 89.7 Å². The molecule has 0 aliphatic carbocycles. The molecule has 174 valence electrons. The number of anilines is 2. The van der Waals surface area contributed by atoms with Crippen LogP contribution in [0.5, 0.6) is 0 Å². The zero-order valence-electron chi connectivity index (χ0n) is 18.3. The molecule has 1 amide bonds. The van der Waals surface area contributed by atoms with Gasteiger partial charge in [-0.15, -0.1) is 0 Å². The van der Waals surface area contributed by atoms with Gasteiger partial charge in [0.2, 0.25) is 0 Å². The lowest BCUT2D eigenvalue weighted by atomic mass is 10.2. The van der Waals surface area contributed by atoms with Gasteiger partial charge in [0, 0.05) is 43.1 Å². The van der Waals surface area contributed by atoms with Crippen molar-refractivity contribution < 1.29 is 17.6 Å². The Morgan fingerprint density at radius 3 is 2.21 bits per heavy atom. The lowest BCUT2D eigenvalue weighted by Crippen LogP contribution is -2.35. The Balaban J connectivity index is 1.41. The Labute approximate surface area is 198 Å². The maximum atomic E-state index is 13.1. The largest absolute Gasteiger partial charge is 0.370 e. The molecule has 1 saturated heterocycles. The van der Waals surface area contributed by atoms with Gasteiger partial charge < -0.3 is 9.80 Å². The number of nitriles is 1. The number of nitrogens with one attached hydrogen (secondary N) is 1. The SMILES string of the molecule is N#Cc1ccc(N2CCCN(C(=O)c3ccc(S(=O)(=O)Nc4ccc(F)cc4)cc3)CC2)cc1. The van der Waals surface area contributed by atoms with Crippen LogP contribution in [0.4, 0.5) is 15.8 Å². The van der Waals surface area contributed by atoms with Crippen LogP contribution in [-0.2, 0) is 10.0 Å². The molecule has 9 heteroatoms. The minimum atomic E-state index is -3.87. The highest BCUT2D eigenvalue weighted by atomic mass is 32.2. The molecule has 1 N–H and O–H groups in total. The standard InChI is InChI=1S/C25H23FN4O3S/c26-21-6-8-22(9-7-21)28-34(32,33)24-12-4-20(5-13-24)25(31)30-15-1-14-29(16-17-30)23-10-2-19(18-27)3-11-23/h2-13,28H,1,14-17H2. The van der Waals surface area contributed by atoms with Crippen molar-refractivity contribution in [2.45, 2.75) is 11.3 Å². The van der Waals surface area contributed by atoms with Crippen molar-refractivity contribution in [1.82, 2.24) is 4.90 Å². The number of hydrogen-bond acceptors (Lipinski definition) is 5. The van der Waals surface area contributed by atoms with E-state index in [2.05, 4.69) is 15.7 Å². The Morgan fingerprint density at radius 2 is 1.56 bits per heavy atom. The molecule has 1 aliphatic rings. The summed E-state index contributed by atoms with van der Waals surface area (Å²) in [6.45, 7) is 2.58. The summed E-state index contributed by atoms with van der Waals surface area (Å²) in [5.41, 5.74) is 2.27. The molecule has 7 nitrogen and oxygen atoms in total. The summed E-state index contributed by atoms with van der Waals surface area (Å²) in [7, 11) is -3.87. The van der Waals surface area contributed by atoms with Crippen LogP contribution in [0.3, 0.4) is 0 Å². The van der Waals surface area contributed by atoms with Crippen molar-refractivity contribution in [2.24, 2.45) is 0 Å². The lowest BCUT2D eigenvalue weighted by molar-refractivity contribution is 0.0767. The van der Waals surface area contributed by atoms with E-state index >= 15 is 0 Å². The maximum absolute atomic E-state index is 13.1. The van der Waals surface area contributed by atoms with Crippen LogP contribution in [0, 0.1) is 17.1 Å². The smallest absolute Gasteiger partial charge is 0.261 e. The number of nitrogens with zero attached hydrogens (tertiary/aromatic N) is 3. The van der Waals surface area contributed by atoms with Crippen molar-refractivity contribution in [3.63, 3.8) is 0 Å². The maximum Gasteiger partial charge on any atom is 0.261 e. The van der Waals surface area contributed by atoms with Gasteiger partial charge in [-0.1, -0.05) is 0 Å². The van der Waals surface area contributed by atoms with E-state index in [0.717, 1.165) is 18.7 Å². The van der Waals surface area contributed by atoms with E-state index in [9.17, 15) is 17.6 Å². The molecule has 34 heavy (non-hydrogen) atoms. The quantitative estimate of drug-likeness (QED) is 0.601. The fourth-order valence-electron chi connectivity index (χ4n) is 3.82. The van der Waals surface area contributed by atoms with E-state index in [1.165, 1.54) is 48.5 Å². The predicted molar refractivity (Wildman–Crippen MR) is 128 cm³/mol. The summed E-state index contributed by atoms with van der Waals surface area (Å²) >= 11 is 0. The highest BCUT2D eigenvalue weighted by Crippen LogP contribution is 2.20. The van der Waals surface area contributed by atoms with Crippen LogP contribution < -0.4 is 9.62 Å². The first-order valence-corrected chi connectivity index (χ1v) is 12.3.